The van der Waals surface area contributed by atoms with Gasteiger partial charge in [0.1, 0.15) is 12.4 Å². The molecular weight excluding hydrogens is 349 g/mol. The molecule has 142 valence electrons. The number of ether oxygens (including phenoxy) is 1. The van der Waals surface area contributed by atoms with E-state index in [2.05, 4.69) is 0 Å². The molecule has 3 rings (SSSR count). The molecule has 0 aliphatic carbocycles. The highest BCUT2D eigenvalue weighted by Crippen LogP contribution is 2.34. The van der Waals surface area contributed by atoms with Crippen LogP contribution in [0.1, 0.15) is 29.0 Å². The van der Waals surface area contributed by atoms with Crippen molar-refractivity contribution in [2.45, 2.75) is 25.9 Å². The van der Waals surface area contributed by atoms with Crippen molar-refractivity contribution in [3.05, 3.63) is 71.0 Å². The van der Waals surface area contributed by atoms with E-state index in [-0.39, 0.29) is 24.9 Å². The van der Waals surface area contributed by atoms with Gasteiger partial charge in [0, 0.05) is 19.0 Å². The zero-order chi connectivity index (χ0) is 19.4. The Morgan fingerprint density at radius 1 is 1.22 bits per heavy atom. The highest BCUT2D eigenvalue weighted by Gasteiger charge is 2.37. The van der Waals surface area contributed by atoms with Gasteiger partial charge >= 0.3 is 12.1 Å². The fraction of sp³-hybridized carbons (Fsp3) is 0.333. The monoisotopic (exact) mass is 371 g/mol. The molecule has 1 saturated heterocycles. The first-order valence-electron chi connectivity index (χ1n) is 8.90. The molecule has 0 saturated carbocycles. The standard InChI is InChI=1S/C21H22FNO4/c1-14-7-8-16(11-19(14)22)17-9-10-23(12-18(17)20(24)25)21(26)27-13-15-5-3-2-4-6-15/h2-8,11,17-18H,9-10,12-13H2,1H3,(H,24,25). The maximum absolute atomic E-state index is 13.9. The lowest BCUT2D eigenvalue weighted by Crippen LogP contribution is -2.45. The van der Waals surface area contributed by atoms with Crippen molar-refractivity contribution in [1.82, 2.24) is 4.90 Å². The highest BCUT2D eigenvalue weighted by atomic mass is 19.1. The predicted molar refractivity (Wildman–Crippen MR) is 97.8 cm³/mol. The van der Waals surface area contributed by atoms with Crippen LogP contribution in [0.5, 0.6) is 0 Å². The molecule has 0 aromatic heterocycles. The molecule has 1 N–H and O–H groups in total. The third kappa shape index (κ3) is 4.45. The third-order valence-corrected chi connectivity index (χ3v) is 5.02. The summed E-state index contributed by atoms with van der Waals surface area (Å²) in [7, 11) is 0. The smallest absolute Gasteiger partial charge is 0.410 e. The number of benzene rings is 2. The maximum Gasteiger partial charge on any atom is 0.410 e. The van der Waals surface area contributed by atoms with Crippen LogP contribution in [0.3, 0.4) is 0 Å². The van der Waals surface area contributed by atoms with E-state index in [4.69, 9.17) is 4.74 Å². The van der Waals surface area contributed by atoms with Crippen LogP contribution >= 0.6 is 0 Å². The van der Waals surface area contributed by atoms with E-state index < -0.39 is 18.0 Å². The number of hydrogen-bond acceptors (Lipinski definition) is 3. The van der Waals surface area contributed by atoms with E-state index >= 15 is 0 Å². The van der Waals surface area contributed by atoms with Crippen molar-refractivity contribution in [1.29, 1.82) is 0 Å². The van der Waals surface area contributed by atoms with Crippen LogP contribution in [0.15, 0.2) is 48.5 Å². The Morgan fingerprint density at radius 3 is 2.63 bits per heavy atom. The summed E-state index contributed by atoms with van der Waals surface area (Å²) in [4.78, 5) is 25.5. The number of piperidine rings is 1. The molecule has 1 fully saturated rings. The zero-order valence-corrected chi connectivity index (χ0v) is 15.1. The van der Waals surface area contributed by atoms with Crippen LogP contribution < -0.4 is 0 Å². The number of carbonyl (C=O) groups excluding carboxylic acids is 1. The van der Waals surface area contributed by atoms with Crippen molar-refractivity contribution in [2.75, 3.05) is 13.1 Å². The molecule has 2 aromatic carbocycles. The Bertz CT molecular complexity index is 824. The minimum absolute atomic E-state index is 0.0448. The van der Waals surface area contributed by atoms with Gasteiger partial charge in [-0.1, -0.05) is 42.5 Å². The van der Waals surface area contributed by atoms with Crippen molar-refractivity contribution < 1.29 is 23.8 Å². The zero-order valence-electron chi connectivity index (χ0n) is 15.1. The Morgan fingerprint density at radius 2 is 1.96 bits per heavy atom. The fourth-order valence-electron chi connectivity index (χ4n) is 3.42. The average molecular weight is 371 g/mol. The number of hydrogen-bond donors (Lipinski definition) is 1. The van der Waals surface area contributed by atoms with Gasteiger partial charge < -0.3 is 14.7 Å². The quantitative estimate of drug-likeness (QED) is 0.883. The first-order valence-corrected chi connectivity index (χ1v) is 8.90. The van der Waals surface area contributed by atoms with Crippen molar-refractivity contribution in [3.63, 3.8) is 0 Å². The van der Waals surface area contributed by atoms with Gasteiger partial charge in [-0.15, -0.1) is 0 Å². The normalized spacial score (nSPS) is 19.6. The molecule has 27 heavy (non-hydrogen) atoms. The van der Waals surface area contributed by atoms with Gasteiger partial charge in [0.2, 0.25) is 0 Å². The van der Waals surface area contributed by atoms with Gasteiger partial charge in [-0.25, -0.2) is 9.18 Å². The largest absolute Gasteiger partial charge is 0.481 e. The van der Waals surface area contributed by atoms with E-state index in [0.29, 0.717) is 24.1 Å². The predicted octanol–water partition coefficient (Wildman–Crippen LogP) is 3.96. The summed E-state index contributed by atoms with van der Waals surface area (Å²) >= 11 is 0. The second-order valence-corrected chi connectivity index (χ2v) is 6.83. The van der Waals surface area contributed by atoms with Gasteiger partial charge in [-0.2, -0.15) is 0 Å². The average Bonchev–Trinajstić information content (AvgIpc) is 2.68. The van der Waals surface area contributed by atoms with Crippen LogP contribution in [0.25, 0.3) is 0 Å². The van der Waals surface area contributed by atoms with Crippen LogP contribution in [-0.4, -0.2) is 35.2 Å². The van der Waals surface area contributed by atoms with Crippen LogP contribution in [0.4, 0.5) is 9.18 Å². The number of aliphatic carboxylic acids is 1. The number of carbonyl (C=O) groups is 2. The van der Waals surface area contributed by atoms with E-state index in [1.165, 1.54) is 11.0 Å². The molecular formula is C21H22FNO4. The van der Waals surface area contributed by atoms with Crippen molar-refractivity contribution in [3.8, 4) is 0 Å². The van der Waals surface area contributed by atoms with E-state index in [1.54, 1.807) is 19.1 Å². The molecule has 1 amide bonds. The number of rotatable bonds is 4. The summed E-state index contributed by atoms with van der Waals surface area (Å²) in [5.74, 6) is -2.48. The summed E-state index contributed by atoms with van der Waals surface area (Å²) in [5, 5.41) is 9.63. The summed E-state index contributed by atoms with van der Waals surface area (Å²) in [5.41, 5.74) is 2.04. The van der Waals surface area contributed by atoms with Crippen LogP contribution in [0.2, 0.25) is 0 Å². The fourth-order valence-corrected chi connectivity index (χ4v) is 3.42. The number of carboxylic acid groups (broad SMARTS) is 1. The first-order chi connectivity index (χ1) is 13.0. The molecule has 2 aromatic rings. The maximum atomic E-state index is 13.9. The summed E-state index contributed by atoms with van der Waals surface area (Å²) < 4.78 is 19.2. The molecule has 0 radical (unpaired) electrons. The molecule has 1 aliphatic heterocycles. The van der Waals surface area contributed by atoms with Crippen molar-refractivity contribution in [2.24, 2.45) is 5.92 Å². The van der Waals surface area contributed by atoms with Gasteiger partial charge in [-0.3, -0.25) is 4.79 Å². The second-order valence-electron chi connectivity index (χ2n) is 6.83. The van der Waals surface area contributed by atoms with Gasteiger partial charge in [0.15, 0.2) is 0 Å². The topological polar surface area (TPSA) is 66.8 Å². The van der Waals surface area contributed by atoms with Gasteiger partial charge in [0.05, 0.1) is 5.92 Å². The van der Waals surface area contributed by atoms with E-state index in [9.17, 15) is 19.1 Å². The van der Waals surface area contributed by atoms with E-state index in [1.807, 2.05) is 30.3 Å². The Labute approximate surface area is 157 Å². The number of nitrogens with zero attached hydrogens (tertiary/aromatic N) is 1. The molecule has 0 bridgehead atoms. The number of halogens is 1. The number of likely N-dealkylation sites (tertiary alicyclic amines) is 1. The Hall–Kier alpha value is -2.89. The Balaban J connectivity index is 1.67. The highest BCUT2D eigenvalue weighted by molar-refractivity contribution is 5.74. The second kappa shape index (κ2) is 8.20. The minimum Gasteiger partial charge on any atom is -0.481 e. The molecule has 5 nitrogen and oxygen atoms in total. The summed E-state index contributed by atoms with van der Waals surface area (Å²) in [6.45, 7) is 2.22. The van der Waals surface area contributed by atoms with E-state index in [0.717, 1.165) is 5.56 Å². The third-order valence-electron chi connectivity index (χ3n) is 5.02. The molecule has 6 heteroatoms. The number of carboxylic acids is 1. The van der Waals surface area contributed by atoms with Gasteiger partial charge in [-0.05, 0) is 36.1 Å². The molecule has 2 atom stereocenters. The molecule has 2 unspecified atom stereocenters. The summed E-state index contributed by atoms with van der Waals surface area (Å²) in [6.07, 6.45) is -0.0847. The number of aryl methyl sites for hydroxylation is 1. The molecule has 1 heterocycles. The van der Waals surface area contributed by atoms with Crippen LogP contribution in [0, 0.1) is 18.7 Å². The lowest BCUT2D eigenvalue weighted by Gasteiger charge is -2.36. The molecule has 0 spiro atoms. The minimum atomic E-state index is -0.999. The van der Waals surface area contributed by atoms with Gasteiger partial charge in [0.25, 0.3) is 0 Å². The lowest BCUT2D eigenvalue weighted by molar-refractivity contribution is -0.144. The van der Waals surface area contributed by atoms with Crippen LogP contribution in [-0.2, 0) is 16.1 Å². The molecule has 1 aliphatic rings. The SMILES string of the molecule is Cc1ccc(C2CCN(C(=O)OCc3ccccc3)CC2C(=O)O)cc1F. The summed E-state index contributed by atoms with van der Waals surface area (Å²) in [6, 6.07) is 14.1. The first kappa shape index (κ1) is 18.9. The van der Waals surface area contributed by atoms with Crippen molar-refractivity contribution >= 4 is 12.1 Å². The Kier molecular flexibility index (Phi) is 5.74. The number of amides is 1. The lowest BCUT2D eigenvalue weighted by atomic mass is 9.80.